The van der Waals surface area contributed by atoms with Crippen LogP contribution in [0.5, 0.6) is 0 Å². The van der Waals surface area contributed by atoms with E-state index in [1.807, 2.05) is 0 Å². The first-order valence-electron chi connectivity index (χ1n) is 15.7. The summed E-state index contributed by atoms with van der Waals surface area (Å²) in [4.78, 5) is 11.8. The molecule has 36 heavy (non-hydrogen) atoms. The minimum Gasteiger partial charge on any atom is -0.303 e. The van der Waals surface area contributed by atoms with Crippen LogP contribution in [0.15, 0.2) is 18.2 Å². The summed E-state index contributed by atoms with van der Waals surface area (Å²) in [5.41, 5.74) is 4.52. The zero-order valence-electron chi connectivity index (χ0n) is 25.5. The molecule has 0 saturated heterocycles. The van der Waals surface area contributed by atoms with E-state index in [0.717, 1.165) is 19.3 Å². The lowest BCUT2D eigenvalue weighted by Crippen LogP contribution is -2.17. The summed E-state index contributed by atoms with van der Waals surface area (Å²) in [6.07, 6.45) is 25.1. The van der Waals surface area contributed by atoms with Gasteiger partial charge in [-0.15, -0.1) is 0 Å². The Morgan fingerprint density at radius 2 is 0.972 bits per heavy atom. The van der Waals surface area contributed by atoms with Crippen molar-refractivity contribution in [3.8, 4) is 0 Å². The van der Waals surface area contributed by atoms with Gasteiger partial charge in [-0.2, -0.15) is 0 Å². The molecule has 0 amide bonds. The maximum Gasteiger partial charge on any atom is 0.123 e. The lowest BCUT2D eigenvalue weighted by Gasteiger charge is -2.26. The highest BCUT2D eigenvalue weighted by molar-refractivity contribution is 5.53. The van der Waals surface area contributed by atoms with Gasteiger partial charge in [0, 0.05) is 5.92 Å². The molecule has 1 aromatic carbocycles. The fraction of sp³-hybridized carbons (Fsp3) is 0.800. The third kappa shape index (κ3) is 15.2. The second-order valence-electron chi connectivity index (χ2n) is 13.6. The van der Waals surface area contributed by atoms with Gasteiger partial charge in [0.15, 0.2) is 0 Å². The van der Waals surface area contributed by atoms with Crippen molar-refractivity contribution in [2.24, 2.45) is 5.92 Å². The first-order valence-corrected chi connectivity index (χ1v) is 15.7. The van der Waals surface area contributed by atoms with Gasteiger partial charge in [0.2, 0.25) is 0 Å². The molecule has 1 aromatic rings. The molecular formula is C35H62O. The number of hydrogen-bond donors (Lipinski definition) is 0. The summed E-state index contributed by atoms with van der Waals surface area (Å²) in [5, 5.41) is 0. The topological polar surface area (TPSA) is 17.1 Å². The summed E-state index contributed by atoms with van der Waals surface area (Å²) in [5.74, 6) is 0.211. The summed E-state index contributed by atoms with van der Waals surface area (Å²) in [6.45, 7) is 16.1. The predicted molar refractivity (Wildman–Crippen MR) is 161 cm³/mol. The van der Waals surface area contributed by atoms with Crippen LogP contribution < -0.4 is 0 Å². The molecule has 1 heteroatoms. The van der Waals surface area contributed by atoms with Crippen LogP contribution in [0.1, 0.15) is 174 Å². The zero-order chi connectivity index (χ0) is 26.9. The Morgan fingerprint density at radius 1 is 0.583 bits per heavy atom. The SMILES string of the molecule is CCCCCCCCCCCCCCCCCC(C=O)CCc1cc(C(C)(C)C)cc(C(C)(C)C)c1. The van der Waals surface area contributed by atoms with E-state index in [0.29, 0.717) is 0 Å². The van der Waals surface area contributed by atoms with Crippen molar-refractivity contribution in [2.45, 2.75) is 175 Å². The van der Waals surface area contributed by atoms with Gasteiger partial charge in [-0.25, -0.2) is 0 Å². The second kappa shape index (κ2) is 18.2. The van der Waals surface area contributed by atoms with E-state index in [4.69, 9.17) is 0 Å². The van der Waals surface area contributed by atoms with Gasteiger partial charge >= 0.3 is 0 Å². The molecule has 0 heterocycles. The zero-order valence-corrected chi connectivity index (χ0v) is 25.5. The van der Waals surface area contributed by atoms with Crippen LogP contribution in [-0.4, -0.2) is 6.29 Å². The Bertz CT molecular complexity index is 655. The van der Waals surface area contributed by atoms with Crippen LogP contribution in [0.25, 0.3) is 0 Å². The molecule has 208 valence electrons. The number of unbranched alkanes of at least 4 members (excludes halogenated alkanes) is 14. The average molecular weight is 499 g/mol. The Balaban J connectivity index is 2.21. The van der Waals surface area contributed by atoms with Gasteiger partial charge in [-0.1, -0.05) is 163 Å². The first-order chi connectivity index (χ1) is 17.1. The van der Waals surface area contributed by atoms with Crippen LogP contribution >= 0.6 is 0 Å². The standard InChI is InChI=1S/C35H62O/c1-8-9-10-11-12-13-14-15-16-17-18-19-20-21-22-23-30(29-36)24-25-31-26-32(34(2,3)4)28-33(27-31)35(5,6)7/h26-30H,8-25H2,1-7H3. The molecule has 0 aliphatic heterocycles. The number of aldehydes is 1. The summed E-state index contributed by atoms with van der Waals surface area (Å²) in [6, 6.07) is 7.14. The highest BCUT2D eigenvalue weighted by Gasteiger charge is 2.20. The normalized spacial score (nSPS) is 13.2. The molecule has 0 saturated carbocycles. The van der Waals surface area contributed by atoms with Crippen LogP contribution in [0.4, 0.5) is 0 Å². The Kier molecular flexibility index (Phi) is 16.6. The minimum atomic E-state index is 0.147. The van der Waals surface area contributed by atoms with E-state index in [1.165, 1.54) is 119 Å². The van der Waals surface area contributed by atoms with Crippen molar-refractivity contribution >= 4 is 6.29 Å². The molecule has 1 unspecified atom stereocenters. The fourth-order valence-electron chi connectivity index (χ4n) is 5.11. The molecule has 0 radical (unpaired) electrons. The van der Waals surface area contributed by atoms with Gasteiger partial charge < -0.3 is 4.79 Å². The summed E-state index contributed by atoms with van der Waals surface area (Å²) in [7, 11) is 0. The van der Waals surface area contributed by atoms with Crippen molar-refractivity contribution in [2.75, 3.05) is 0 Å². The maximum atomic E-state index is 11.8. The van der Waals surface area contributed by atoms with Gasteiger partial charge in [0.1, 0.15) is 6.29 Å². The number of hydrogen-bond acceptors (Lipinski definition) is 1. The molecule has 0 aliphatic carbocycles. The number of aryl methyl sites for hydroxylation is 1. The maximum absolute atomic E-state index is 11.8. The Hall–Kier alpha value is -1.11. The summed E-state index contributed by atoms with van der Waals surface area (Å²) >= 11 is 0. The highest BCUT2D eigenvalue weighted by Crippen LogP contribution is 2.31. The predicted octanol–water partition coefficient (Wildman–Crippen LogP) is 11.3. The number of carbonyl (C=O) groups excluding carboxylic acids is 1. The fourth-order valence-corrected chi connectivity index (χ4v) is 5.11. The lowest BCUT2D eigenvalue weighted by molar-refractivity contribution is -0.111. The van der Waals surface area contributed by atoms with Crippen LogP contribution in [-0.2, 0) is 22.0 Å². The smallest absolute Gasteiger partial charge is 0.123 e. The van der Waals surface area contributed by atoms with Crippen molar-refractivity contribution in [1.82, 2.24) is 0 Å². The van der Waals surface area contributed by atoms with E-state index in [2.05, 4.69) is 66.7 Å². The van der Waals surface area contributed by atoms with E-state index in [1.54, 1.807) is 0 Å². The number of benzene rings is 1. The molecule has 0 bridgehead atoms. The molecule has 0 N–H and O–H groups in total. The first kappa shape index (κ1) is 32.9. The van der Waals surface area contributed by atoms with Gasteiger partial charge in [-0.05, 0) is 46.8 Å². The molecule has 1 nitrogen and oxygen atoms in total. The quantitative estimate of drug-likeness (QED) is 0.129. The Labute approximate surface area is 226 Å². The molecule has 1 rings (SSSR count). The molecule has 0 aliphatic rings. The van der Waals surface area contributed by atoms with Gasteiger partial charge in [0.05, 0.1) is 0 Å². The Morgan fingerprint density at radius 3 is 1.33 bits per heavy atom. The van der Waals surface area contributed by atoms with Crippen LogP contribution in [0, 0.1) is 5.92 Å². The summed E-state index contributed by atoms with van der Waals surface area (Å²) < 4.78 is 0. The molecule has 0 spiro atoms. The van der Waals surface area contributed by atoms with Crippen LogP contribution in [0.2, 0.25) is 0 Å². The van der Waals surface area contributed by atoms with E-state index >= 15 is 0 Å². The van der Waals surface area contributed by atoms with Crippen molar-refractivity contribution in [1.29, 1.82) is 0 Å². The molecule has 1 atom stereocenters. The highest BCUT2D eigenvalue weighted by atomic mass is 16.1. The van der Waals surface area contributed by atoms with Gasteiger partial charge in [0.25, 0.3) is 0 Å². The molecule has 0 fully saturated rings. The molecular weight excluding hydrogens is 436 g/mol. The van der Waals surface area contributed by atoms with E-state index < -0.39 is 0 Å². The third-order valence-corrected chi connectivity index (χ3v) is 7.90. The lowest BCUT2D eigenvalue weighted by atomic mass is 9.79. The average Bonchev–Trinajstić information content (AvgIpc) is 2.82. The monoisotopic (exact) mass is 498 g/mol. The van der Waals surface area contributed by atoms with Crippen molar-refractivity contribution in [3.63, 3.8) is 0 Å². The minimum absolute atomic E-state index is 0.147. The van der Waals surface area contributed by atoms with E-state index in [-0.39, 0.29) is 16.7 Å². The second-order valence-corrected chi connectivity index (χ2v) is 13.6. The molecule has 0 aromatic heterocycles. The van der Waals surface area contributed by atoms with Crippen molar-refractivity contribution in [3.05, 3.63) is 34.9 Å². The number of carbonyl (C=O) groups is 1. The van der Waals surface area contributed by atoms with Crippen molar-refractivity contribution < 1.29 is 4.79 Å². The van der Waals surface area contributed by atoms with Crippen LogP contribution in [0.3, 0.4) is 0 Å². The van der Waals surface area contributed by atoms with E-state index in [9.17, 15) is 4.79 Å². The van der Waals surface area contributed by atoms with Gasteiger partial charge in [-0.3, -0.25) is 0 Å². The third-order valence-electron chi connectivity index (χ3n) is 7.90. The largest absolute Gasteiger partial charge is 0.303 e. The number of rotatable bonds is 20.